The lowest BCUT2D eigenvalue weighted by atomic mass is 10.2. The molecule has 1 heterocycles. The fourth-order valence-electron chi connectivity index (χ4n) is 2.05. The van der Waals surface area contributed by atoms with E-state index in [1.54, 1.807) is 31.4 Å². The average molecular weight is 360 g/mol. The maximum absolute atomic E-state index is 12.0. The molecule has 0 saturated carbocycles. The van der Waals surface area contributed by atoms with E-state index in [0.717, 1.165) is 17.0 Å². The van der Waals surface area contributed by atoms with Crippen molar-refractivity contribution in [3.8, 4) is 17.0 Å². The number of ether oxygens (including phenoxy) is 1. The number of nitrogens with one attached hydrogen (secondary N) is 2. The molecular weight excluding hydrogens is 346 g/mol. The molecule has 0 spiro atoms. The summed E-state index contributed by atoms with van der Waals surface area (Å²) < 4.78 is 5.14. The molecule has 0 radical (unpaired) electrons. The Kier molecular flexibility index (Phi) is 4.98. The molecular formula is C17H14ClN3O2S. The second-order valence-electron chi connectivity index (χ2n) is 4.86. The van der Waals surface area contributed by atoms with Crippen molar-refractivity contribution in [3.63, 3.8) is 0 Å². The molecule has 3 rings (SSSR count). The number of hydrogen-bond donors (Lipinski definition) is 2. The number of rotatable bonds is 4. The van der Waals surface area contributed by atoms with E-state index in [1.165, 1.54) is 11.3 Å². The zero-order chi connectivity index (χ0) is 16.9. The Labute approximate surface area is 148 Å². The lowest BCUT2D eigenvalue weighted by Gasteiger charge is -2.05. The highest BCUT2D eigenvalue weighted by Gasteiger charge is 2.08. The van der Waals surface area contributed by atoms with Crippen LogP contribution in [0.3, 0.4) is 0 Å². The molecule has 2 amide bonds. The summed E-state index contributed by atoms with van der Waals surface area (Å²) in [5.41, 5.74) is 2.36. The minimum atomic E-state index is -0.368. The smallest absolute Gasteiger partial charge is 0.325 e. The van der Waals surface area contributed by atoms with Gasteiger partial charge in [-0.1, -0.05) is 17.7 Å². The second kappa shape index (κ2) is 7.33. The van der Waals surface area contributed by atoms with Crippen LogP contribution in [0, 0.1) is 0 Å². The summed E-state index contributed by atoms with van der Waals surface area (Å²) in [5, 5.41) is 8.38. The van der Waals surface area contributed by atoms with Crippen LogP contribution < -0.4 is 15.4 Å². The molecule has 1 aromatic heterocycles. The predicted octanol–water partition coefficient (Wildman–Crippen LogP) is 5.12. The Hall–Kier alpha value is -2.57. The molecule has 2 aromatic carbocycles. The molecule has 3 aromatic rings. The third kappa shape index (κ3) is 4.04. The fraction of sp³-hybridized carbons (Fsp3) is 0.0588. The van der Waals surface area contributed by atoms with Crippen molar-refractivity contribution in [1.82, 2.24) is 4.98 Å². The number of hydrogen-bond acceptors (Lipinski definition) is 4. The monoisotopic (exact) mass is 359 g/mol. The van der Waals surface area contributed by atoms with Gasteiger partial charge in [0.25, 0.3) is 0 Å². The largest absolute Gasteiger partial charge is 0.497 e. The van der Waals surface area contributed by atoms with E-state index < -0.39 is 0 Å². The van der Waals surface area contributed by atoms with Gasteiger partial charge in [-0.3, -0.25) is 5.32 Å². The van der Waals surface area contributed by atoms with E-state index in [0.29, 0.717) is 15.8 Å². The molecule has 0 fully saturated rings. The van der Waals surface area contributed by atoms with Gasteiger partial charge < -0.3 is 10.1 Å². The summed E-state index contributed by atoms with van der Waals surface area (Å²) in [6, 6.07) is 14.2. The molecule has 0 aliphatic rings. The first-order chi connectivity index (χ1) is 11.6. The first kappa shape index (κ1) is 16.3. The maximum atomic E-state index is 12.0. The molecule has 0 saturated heterocycles. The molecule has 0 atom stereocenters. The van der Waals surface area contributed by atoms with E-state index in [1.807, 2.05) is 29.6 Å². The van der Waals surface area contributed by atoms with Crippen LogP contribution in [0.4, 0.5) is 15.6 Å². The van der Waals surface area contributed by atoms with Gasteiger partial charge in [-0.15, -0.1) is 11.3 Å². The van der Waals surface area contributed by atoms with Gasteiger partial charge in [0.2, 0.25) is 0 Å². The minimum absolute atomic E-state index is 0.368. The molecule has 122 valence electrons. The highest BCUT2D eigenvalue weighted by Crippen LogP contribution is 2.26. The van der Waals surface area contributed by atoms with E-state index in [2.05, 4.69) is 15.6 Å². The van der Waals surface area contributed by atoms with Crippen LogP contribution in [0.25, 0.3) is 11.3 Å². The summed E-state index contributed by atoms with van der Waals surface area (Å²) in [7, 11) is 1.62. The summed E-state index contributed by atoms with van der Waals surface area (Å²) >= 11 is 7.25. The number of halogens is 1. The van der Waals surface area contributed by atoms with Crippen LogP contribution in [-0.2, 0) is 0 Å². The quantitative estimate of drug-likeness (QED) is 0.679. The minimum Gasteiger partial charge on any atom is -0.497 e. The number of methoxy groups -OCH3 is 1. The van der Waals surface area contributed by atoms with Crippen LogP contribution in [-0.4, -0.2) is 18.1 Å². The Morgan fingerprint density at radius 1 is 1.17 bits per heavy atom. The number of carbonyl (C=O) groups excluding carboxylic acids is 1. The Morgan fingerprint density at radius 3 is 2.67 bits per heavy atom. The van der Waals surface area contributed by atoms with Crippen LogP contribution in [0.2, 0.25) is 5.02 Å². The van der Waals surface area contributed by atoms with Gasteiger partial charge in [0.15, 0.2) is 5.13 Å². The Balaban J connectivity index is 1.65. The van der Waals surface area contributed by atoms with Gasteiger partial charge in [-0.2, -0.15) is 0 Å². The van der Waals surface area contributed by atoms with Crippen molar-refractivity contribution in [1.29, 1.82) is 0 Å². The first-order valence-corrected chi connectivity index (χ1v) is 8.33. The third-order valence-corrected chi connectivity index (χ3v) is 4.19. The third-order valence-electron chi connectivity index (χ3n) is 3.19. The normalized spacial score (nSPS) is 10.2. The van der Waals surface area contributed by atoms with Crippen molar-refractivity contribution < 1.29 is 9.53 Å². The van der Waals surface area contributed by atoms with E-state index in [9.17, 15) is 4.79 Å². The summed E-state index contributed by atoms with van der Waals surface area (Å²) in [5.74, 6) is 0.785. The molecule has 0 unspecified atom stereocenters. The number of nitrogens with zero attached hydrogens (tertiary/aromatic N) is 1. The first-order valence-electron chi connectivity index (χ1n) is 7.07. The highest BCUT2D eigenvalue weighted by atomic mass is 35.5. The standard InChI is InChI=1S/C17H14ClN3O2S/c1-23-14-7-5-11(6-8-14)15-10-24-17(20-15)21-16(22)19-13-4-2-3-12(18)9-13/h2-10H,1H3,(H2,19,20,21,22). The number of urea groups is 1. The van der Waals surface area contributed by atoms with Crippen LogP contribution in [0.15, 0.2) is 53.9 Å². The summed E-state index contributed by atoms with van der Waals surface area (Å²) in [6.07, 6.45) is 0. The number of amides is 2. The van der Waals surface area contributed by atoms with Crippen molar-refractivity contribution in [2.45, 2.75) is 0 Å². The van der Waals surface area contributed by atoms with Crippen molar-refractivity contribution >= 4 is 39.8 Å². The molecule has 2 N–H and O–H groups in total. The van der Waals surface area contributed by atoms with E-state index in [4.69, 9.17) is 16.3 Å². The Morgan fingerprint density at radius 2 is 1.96 bits per heavy atom. The molecule has 0 bridgehead atoms. The topological polar surface area (TPSA) is 63.2 Å². The van der Waals surface area contributed by atoms with Crippen LogP contribution in [0.1, 0.15) is 0 Å². The highest BCUT2D eigenvalue weighted by molar-refractivity contribution is 7.14. The van der Waals surface area contributed by atoms with Gasteiger partial charge in [-0.05, 0) is 42.5 Å². The van der Waals surface area contributed by atoms with Gasteiger partial charge in [0, 0.05) is 21.7 Å². The van der Waals surface area contributed by atoms with Gasteiger partial charge in [0.1, 0.15) is 5.75 Å². The molecule has 0 aliphatic heterocycles. The summed E-state index contributed by atoms with van der Waals surface area (Å²) in [4.78, 5) is 16.4. The number of thiazole rings is 1. The van der Waals surface area contributed by atoms with Crippen LogP contribution in [0.5, 0.6) is 5.75 Å². The zero-order valence-corrected chi connectivity index (χ0v) is 14.3. The van der Waals surface area contributed by atoms with Crippen molar-refractivity contribution in [2.75, 3.05) is 17.7 Å². The number of benzene rings is 2. The van der Waals surface area contributed by atoms with Crippen molar-refractivity contribution in [3.05, 3.63) is 58.9 Å². The zero-order valence-electron chi connectivity index (χ0n) is 12.7. The Bertz CT molecular complexity index is 849. The SMILES string of the molecule is COc1ccc(-c2csc(NC(=O)Nc3cccc(Cl)c3)n2)cc1. The lowest BCUT2D eigenvalue weighted by Crippen LogP contribution is -2.19. The molecule has 5 nitrogen and oxygen atoms in total. The number of aromatic nitrogens is 1. The lowest BCUT2D eigenvalue weighted by molar-refractivity contribution is 0.262. The van der Waals surface area contributed by atoms with Gasteiger partial charge >= 0.3 is 6.03 Å². The van der Waals surface area contributed by atoms with E-state index >= 15 is 0 Å². The van der Waals surface area contributed by atoms with Crippen LogP contribution >= 0.6 is 22.9 Å². The molecule has 7 heteroatoms. The number of anilines is 2. The average Bonchev–Trinajstić information content (AvgIpc) is 3.03. The summed E-state index contributed by atoms with van der Waals surface area (Å²) in [6.45, 7) is 0. The van der Waals surface area contributed by atoms with Gasteiger partial charge in [-0.25, -0.2) is 9.78 Å². The fourth-order valence-corrected chi connectivity index (χ4v) is 2.96. The van der Waals surface area contributed by atoms with Gasteiger partial charge in [0.05, 0.1) is 12.8 Å². The number of carbonyl (C=O) groups is 1. The molecule has 0 aliphatic carbocycles. The van der Waals surface area contributed by atoms with Crippen molar-refractivity contribution in [2.24, 2.45) is 0 Å². The maximum Gasteiger partial charge on any atom is 0.325 e. The second-order valence-corrected chi connectivity index (χ2v) is 6.15. The van der Waals surface area contributed by atoms with E-state index in [-0.39, 0.29) is 6.03 Å². The predicted molar refractivity (Wildman–Crippen MR) is 98.2 cm³/mol. The molecule has 24 heavy (non-hydrogen) atoms.